The van der Waals surface area contributed by atoms with Crippen molar-refractivity contribution in [1.82, 2.24) is 0 Å². The van der Waals surface area contributed by atoms with E-state index < -0.39 is 17.7 Å². The average molecular weight is 474 g/mol. The number of anilines is 1. The van der Waals surface area contributed by atoms with Gasteiger partial charge in [-0.1, -0.05) is 32.9 Å². The highest BCUT2D eigenvalue weighted by molar-refractivity contribution is 6.51. The number of amides is 1. The van der Waals surface area contributed by atoms with Gasteiger partial charge in [0.25, 0.3) is 11.7 Å². The van der Waals surface area contributed by atoms with Crippen LogP contribution in [0.2, 0.25) is 0 Å². The lowest BCUT2D eigenvalue weighted by molar-refractivity contribution is -0.132. The number of hydrogen-bond donors (Lipinski definition) is 1. The normalized spacial score (nSPS) is 17.8. The summed E-state index contributed by atoms with van der Waals surface area (Å²) < 4.78 is 11.4. The Labute approximate surface area is 205 Å². The second-order valence-electron chi connectivity index (χ2n) is 10.1. The molecule has 0 saturated carbocycles. The predicted octanol–water partition coefficient (Wildman–Crippen LogP) is 6.14. The van der Waals surface area contributed by atoms with Crippen molar-refractivity contribution in [3.8, 4) is 5.75 Å². The van der Waals surface area contributed by atoms with Gasteiger partial charge in [0.2, 0.25) is 0 Å². The molecule has 1 amide bonds. The monoisotopic (exact) mass is 473 g/mol. The van der Waals surface area contributed by atoms with Gasteiger partial charge in [0, 0.05) is 5.69 Å². The smallest absolute Gasteiger partial charge is 0.300 e. The number of benzene rings is 2. The molecule has 2 aromatic carbocycles. The molecule has 1 saturated heterocycles. The molecule has 182 valence electrons. The van der Waals surface area contributed by atoms with Crippen molar-refractivity contribution in [2.45, 2.75) is 53.0 Å². The molecular weight excluding hydrogens is 442 g/mol. The van der Waals surface area contributed by atoms with E-state index in [1.54, 1.807) is 31.2 Å². The van der Waals surface area contributed by atoms with Crippen LogP contribution in [0, 0.1) is 20.8 Å². The number of aliphatic hydroxyl groups is 1. The van der Waals surface area contributed by atoms with Crippen LogP contribution in [0.15, 0.2) is 58.5 Å². The first-order chi connectivity index (χ1) is 16.4. The summed E-state index contributed by atoms with van der Waals surface area (Å²) in [6.07, 6.45) is 0. The van der Waals surface area contributed by atoms with Crippen molar-refractivity contribution in [3.05, 3.63) is 87.9 Å². The van der Waals surface area contributed by atoms with Crippen LogP contribution in [-0.4, -0.2) is 23.9 Å². The zero-order valence-electron chi connectivity index (χ0n) is 21.2. The predicted molar refractivity (Wildman–Crippen MR) is 136 cm³/mol. The van der Waals surface area contributed by atoms with Gasteiger partial charge in [0.1, 0.15) is 29.1 Å². The molecule has 2 heterocycles. The van der Waals surface area contributed by atoms with Crippen LogP contribution >= 0.6 is 0 Å². The molecule has 1 atom stereocenters. The number of hydrogen-bond acceptors (Lipinski definition) is 5. The second kappa shape index (κ2) is 8.77. The van der Waals surface area contributed by atoms with Gasteiger partial charge < -0.3 is 14.3 Å². The van der Waals surface area contributed by atoms with Crippen molar-refractivity contribution in [2.75, 3.05) is 12.0 Å². The van der Waals surface area contributed by atoms with E-state index in [0.717, 1.165) is 16.7 Å². The highest BCUT2D eigenvalue weighted by atomic mass is 16.5. The van der Waals surface area contributed by atoms with Gasteiger partial charge in [-0.25, -0.2) is 0 Å². The summed E-state index contributed by atoms with van der Waals surface area (Å²) in [6.45, 7) is 11.9. The van der Waals surface area contributed by atoms with E-state index in [2.05, 4.69) is 20.8 Å². The maximum atomic E-state index is 13.4. The van der Waals surface area contributed by atoms with Gasteiger partial charge in [0.05, 0.1) is 18.2 Å². The Morgan fingerprint density at radius 1 is 0.971 bits per heavy atom. The Bertz CT molecular complexity index is 1360. The number of Topliss-reactive ketones (excluding diaryl/α,β-unsaturated/α-hetero) is 1. The second-order valence-corrected chi connectivity index (χ2v) is 10.1. The summed E-state index contributed by atoms with van der Waals surface area (Å²) in [5.41, 5.74) is 3.68. The third kappa shape index (κ3) is 4.25. The molecule has 6 heteroatoms. The van der Waals surface area contributed by atoms with Crippen LogP contribution in [0.5, 0.6) is 5.75 Å². The van der Waals surface area contributed by atoms with Crippen molar-refractivity contribution < 1.29 is 23.8 Å². The molecule has 1 aromatic heterocycles. The maximum absolute atomic E-state index is 13.4. The molecule has 35 heavy (non-hydrogen) atoms. The number of furan rings is 1. The van der Waals surface area contributed by atoms with Gasteiger partial charge in [-0.2, -0.15) is 0 Å². The number of ketones is 1. The van der Waals surface area contributed by atoms with E-state index in [1.807, 2.05) is 38.1 Å². The summed E-state index contributed by atoms with van der Waals surface area (Å²) in [5, 5.41) is 11.6. The number of carbonyl (C=O) groups excluding carboxylic acids is 2. The van der Waals surface area contributed by atoms with E-state index >= 15 is 0 Å². The third-order valence-electron chi connectivity index (χ3n) is 6.56. The van der Waals surface area contributed by atoms with Crippen LogP contribution in [0.25, 0.3) is 5.76 Å². The zero-order valence-corrected chi connectivity index (χ0v) is 21.2. The molecule has 1 fully saturated rings. The number of aryl methyl sites for hydroxylation is 3. The molecule has 0 bridgehead atoms. The first-order valence-corrected chi connectivity index (χ1v) is 11.6. The highest BCUT2D eigenvalue weighted by Crippen LogP contribution is 2.44. The number of nitrogens with zero attached hydrogens (tertiary/aromatic N) is 1. The van der Waals surface area contributed by atoms with Gasteiger partial charge in [-0.05, 0) is 79.3 Å². The SMILES string of the molecule is COc1ccc(C(C)(C)C)cc1/C(O)=C1\C(=O)C(=O)N(c2ccc(C)c(C)c2)C1c1ccc(C)o1. The molecule has 4 rings (SSSR count). The Kier molecular flexibility index (Phi) is 6.09. The molecule has 0 radical (unpaired) electrons. The van der Waals surface area contributed by atoms with E-state index in [-0.39, 0.29) is 16.7 Å². The Morgan fingerprint density at radius 2 is 1.69 bits per heavy atom. The molecule has 1 unspecified atom stereocenters. The van der Waals surface area contributed by atoms with Crippen LogP contribution in [-0.2, 0) is 15.0 Å². The lowest BCUT2D eigenvalue weighted by atomic mass is 9.85. The summed E-state index contributed by atoms with van der Waals surface area (Å²) >= 11 is 0. The fourth-order valence-electron chi connectivity index (χ4n) is 4.35. The van der Waals surface area contributed by atoms with E-state index in [1.165, 1.54) is 12.0 Å². The van der Waals surface area contributed by atoms with Gasteiger partial charge in [0.15, 0.2) is 0 Å². The molecular formula is C29H31NO5. The van der Waals surface area contributed by atoms with Gasteiger partial charge in [-0.3, -0.25) is 14.5 Å². The lowest BCUT2D eigenvalue weighted by Crippen LogP contribution is -2.29. The lowest BCUT2D eigenvalue weighted by Gasteiger charge is -2.25. The maximum Gasteiger partial charge on any atom is 0.300 e. The Balaban J connectivity index is 1.99. The number of carbonyl (C=O) groups is 2. The van der Waals surface area contributed by atoms with Crippen molar-refractivity contribution in [2.24, 2.45) is 0 Å². The summed E-state index contributed by atoms with van der Waals surface area (Å²) in [7, 11) is 1.50. The molecule has 0 aliphatic carbocycles. The molecule has 6 nitrogen and oxygen atoms in total. The molecule has 1 aliphatic rings. The molecule has 3 aromatic rings. The van der Waals surface area contributed by atoms with Crippen LogP contribution in [0.4, 0.5) is 5.69 Å². The van der Waals surface area contributed by atoms with Crippen molar-refractivity contribution >= 4 is 23.1 Å². The highest BCUT2D eigenvalue weighted by Gasteiger charge is 2.48. The minimum absolute atomic E-state index is 0.0352. The Hall–Kier alpha value is -3.80. The minimum Gasteiger partial charge on any atom is -0.507 e. The van der Waals surface area contributed by atoms with Crippen LogP contribution in [0.3, 0.4) is 0 Å². The number of ether oxygens (including phenoxy) is 1. The summed E-state index contributed by atoms with van der Waals surface area (Å²) in [4.78, 5) is 28.2. The first kappa shape index (κ1) is 24.3. The average Bonchev–Trinajstić information content (AvgIpc) is 3.35. The molecule has 0 spiro atoms. The van der Waals surface area contributed by atoms with Gasteiger partial charge in [-0.15, -0.1) is 0 Å². The molecule has 1 aliphatic heterocycles. The van der Waals surface area contributed by atoms with E-state index in [9.17, 15) is 14.7 Å². The standard InChI is InChI=1S/C29H31NO5/c1-16-8-11-20(14-17(16)2)30-25(23-12-9-18(3)35-23)24(27(32)28(30)33)26(31)21-15-19(29(4,5)6)10-13-22(21)34-7/h8-15,25,31H,1-7H3/b26-24+. The minimum atomic E-state index is -0.922. The summed E-state index contributed by atoms with van der Waals surface area (Å²) in [5.74, 6) is -0.354. The first-order valence-electron chi connectivity index (χ1n) is 11.6. The fraction of sp³-hybridized carbons (Fsp3) is 0.310. The quantitative estimate of drug-likeness (QED) is 0.280. The van der Waals surface area contributed by atoms with Crippen LogP contribution in [0.1, 0.15) is 60.6 Å². The topological polar surface area (TPSA) is 80.0 Å². The summed E-state index contributed by atoms with van der Waals surface area (Å²) in [6, 6.07) is 13.7. The largest absolute Gasteiger partial charge is 0.507 e. The number of aliphatic hydroxyl groups excluding tert-OH is 1. The number of methoxy groups -OCH3 is 1. The van der Waals surface area contributed by atoms with E-state index in [0.29, 0.717) is 28.5 Å². The molecule has 1 N–H and O–H groups in total. The number of rotatable bonds is 4. The third-order valence-corrected chi connectivity index (χ3v) is 6.56. The zero-order chi connectivity index (χ0) is 25.7. The van der Waals surface area contributed by atoms with Crippen molar-refractivity contribution in [1.29, 1.82) is 0 Å². The Morgan fingerprint density at radius 3 is 2.26 bits per heavy atom. The van der Waals surface area contributed by atoms with Crippen LogP contribution < -0.4 is 9.64 Å². The van der Waals surface area contributed by atoms with E-state index in [4.69, 9.17) is 9.15 Å². The van der Waals surface area contributed by atoms with Crippen molar-refractivity contribution in [3.63, 3.8) is 0 Å². The fourth-order valence-corrected chi connectivity index (χ4v) is 4.35. The van der Waals surface area contributed by atoms with Gasteiger partial charge >= 0.3 is 0 Å².